The third-order valence-electron chi connectivity index (χ3n) is 4.44. The minimum Gasteiger partial charge on any atom is -0.441 e. The number of aromatic nitrogens is 1. The Balaban J connectivity index is 1.47. The maximum absolute atomic E-state index is 13.8. The van der Waals surface area contributed by atoms with Crippen LogP contribution in [0.1, 0.15) is 23.4 Å². The van der Waals surface area contributed by atoms with Gasteiger partial charge in [-0.2, -0.15) is 0 Å². The van der Waals surface area contributed by atoms with Gasteiger partial charge in [-0.1, -0.05) is 36.4 Å². The number of rotatable bonds is 9. The van der Waals surface area contributed by atoms with Crippen LogP contribution in [0.4, 0.5) is 4.39 Å². The first-order chi connectivity index (χ1) is 14.4. The number of nitrogens with zero attached hydrogens (tertiary/aromatic N) is 1. The van der Waals surface area contributed by atoms with E-state index in [2.05, 4.69) is 15.0 Å². The normalized spacial score (nSPS) is 11.4. The molecule has 0 aliphatic rings. The highest BCUT2D eigenvalue weighted by Crippen LogP contribution is 2.23. The average Bonchev–Trinajstić information content (AvgIpc) is 3.20. The Labute approximate surface area is 174 Å². The molecule has 158 valence electrons. The first kappa shape index (κ1) is 21.7. The summed E-state index contributed by atoms with van der Waals surface area (Å²) < 4.78 is 44.7. The SMILES string of the molecule is CNS(=O)(=O)Cc1ccc(CNC(=O)CCc2ncc(-c3ccccc3F)o2)cc1. The number of halogens is 1. The fraction of sp³-hybridized carbons (Fsp3) is 0.238. The molecule has 0 aliphatic carbocycles. The van der Waals surface area contributed by atoms with Crippen molar-refractivity contribution in [2.45, 2.75) is 25.1 Å². The molecule has 9 heteroatoms. The Morgan fingerprint density at radius 3 is 2.50 bits per heavy atom. The summed E-state index contributed by atoms with van der Waals surface area (Å²) in [7, 11) is -1.95. The smallest absolute Gasteiger partial charge is 0.220 e. The van der Waals surface area contributed by atoms with Gasteiger partial charge < -0.3 is 9.73 Å². The van der Waals surface area contributed by atoms with E-state index in [1.165, 1.54) is 19.3 Å². The van der Waals surface area contributed by atoms with E-state index in [1.54, 1.807) is 42.5 Å². The number of sulfonamides is 1. The second-order valence-corrected chi connectivity index (χ2v) is 8.58. The van der Waals surface area contributed by atoms with Gasteiger partial charge in [0.1, 0.15) is 5.82 Å². The number of oxazole rings is 1. The summed E-state index contributed by atoms with van der Waals surface area (Å²) in [6.07, 6.45) is 1.91. The van der Waals surface area contributed by atoms with Crippen LogP contribution in [0.2, 0.25) is 0 Å². The van der Waals surface area contributed by atoms with Crippen LogP contribution in [0.15, 0.2) is 59.1 Å². The maximum atomic E-state index is 13.8. The lowest BCUT2D eigenvalue weighted by molar-refractivity contribution is -0.121. The Morgan fingerprint density at radius 2 is 1.80 bits per heavy atom. The predicted molar refractivity (Wildman–Crippen MR) is 110 cm³/mol. The molecule has 0 spiro atoms. The van der Waals surface area contributed by atoms with Crippen LogP contribution >= 0.6 is 0 Å². The fourth-order valence-corrected chi connectivity index (χ4v) is 3.54. The molecule has 30 heavy (non-hydrogen) atoms. The third kappa shape index (κ3) is 5.98. The Bertz CT molecular complexity index is 1110. The van der Waals surface area contributed by atoms with E-state index in [9.17, 15) is 17.6 Å². The summed E-state index contributed by atoms with van der Waals surface area (Å²) >= 11 is 0. The van der Waals surface area contributed by atoms with Crippen LogP contribution in [0, 0.1) is 5.82 Å². The summed E-state index contributed by atoms with van der Waals surface area (Å²) in [4.78, 5) is 16.2. The zero-order valence-electron chi connectivity index (χ0n) is 16.4. The summed E-state index contributed by atoms with van der Waals surface area (Å²) in [5, 5.41) is 2.80. The van der Waals surface area contributed by atoms with Crippen molar-refractivity contribution >= 4 is 15.9 Å². The molecule has 1 heterocycles. The standard InChI is InChI=1S/C21H22FN3O4S/c1-23-30(27,28)14-16-8-6-15(7-9-16)12-24-20(26)10-11-21-25-13-19(29-21)17-4-2-3-5-18(17)22/h2-9,13,23H,10-12,14H2,1H3,(H,24,26). The van der Waals surface area contributed by atoms with Crippen molar-refractivity contribution in [3.05, 3.63) is 77.6 Å². The number of aryl methyl sites for hydroxylation is 1. The number of hydrogen-bond donors (Lipinski definition) is 2. The zero-order valence-corrected chi connectivity index (χ0v) is 17.2. The van der Waals surface area contributed by atoms with Crippen LogP contribution in [-0.4, -0.2) is 26.4 Å². The van der Waals surface area contributed by atoms with E-state index in [0.717, 1.165) is 5.56 Å². The first-order valence-corrected chi connectivity index (χ1v) is 11.0. The number of carbonyl (C=O) groups excluding carboxylic acids is 1. The van der Waals surface area contributed by atoms with Crippen LogP contribution in [0.3, 0.4) is 0 Å². The molecule has 0 atom stereocenters. The van der Waals surface area contributed by atoms with Crippen LogP contribution in [-0.2, 0) is 33.5 Å². The van der Waals surface area contributed by atoms with Crippen LogP contribution in [0.25, 0.3) is 11.3 Å². The molecular weight excluding hydrogens is 409 g/mol. The van der Waals surface area contributed by atoms with E-state index in [0.29, 0.717) is 35.7 Å². The van der Waals surface area contributed by atoms with E-state index in [-0.39, 0.29) is 18.1 Å². The van der Waals surface area contributed by atoms with Gasteiger partial charge >= 0.3 is 0 Å². The summed E-state index contributed by atoms with van der Waals surface area (Å²) in [5.41, 5.74) is 1.84. The van der Waals surface area contributed by atoms with Gasteiger partial charge in [0.15, 0.2) is 11.7 Å². The van der Waals surface area contributed by atoms with Gasteiger partial charge in [-0.15, -0.1) is 0 Å². The highest BCUT2D eigenvalue weighted by molar-refractivity contribution is 7.88. The molecule has 0 aliphatic heterocycles. The zero-order chi connectivity index (χ0) is 21.6. The molecule has 0 saturated heterocycles. The Morgan fingerprint density at radius 1 is 1.10 bits per heavy atom. The molecule has 0 saturated carbocycles. The molecule has 0 bridgehead atoms. The van der Waals surface area contributed by atoms with Crippen molar-refractivity contribution in [1.29, 1.82) is 0 Å². The number of carbonyl (C=O) groups is 1. The van der Waals surface area contributed by atoms with Gasteiger partial charge in [0.05, 0.1) is 17.5 Å². The van der Waals surface area contributed by atoms with Crippen molar-refractivity contribution < 1.29 is 22.0 Å². The van der Waals surface area contributed by atoms with Gasteiger partial charge in [-0.25, -0.2) is 22.5 Å². The van der Waals surface area contributed by atoms with Crippen molar-refractivity contribution in [2.24, 2.45) is 0 Å². The summed E-state index contributed by atoms with van der Waals surface area (Å²) in [5.74, 6) is 0.0126. The molecule has 3 rings (SSSR count). The molecule has 0 unspecified atom stereocenters. The minimum absolute atomic E-state index is 0.0961. The fourth-order valence-electron chi connectivity index (χ4n) is 2.77. The van der Waals surface area contributed by atoms with Crippen molar-refractivity contribution in [3.63, 3.8) is 0 Å². The third-order valence-corrected chi connectivity index (χ3v) is 5.77. The van der Waals surface area contributed by atoms with E-state index < -0.39 is 15.8 Å². The molecule has 1 amide bonds. The highest BCUT2D eigenvalue weighted by atomic mass is 32.2. The molecule has 2 N–H and O–H groups in total. The molecule has 1 aromatic heterocycles. The van der Waals surface area contributed by atoms with Gasteiger partial charge in [-0.05, 0) is 30.3 Å². The lowest BCUT2D eigenvalue weighted by atomic mass is 10.1. The number of hydrogen-bond acceptors (Lipinski definition) is 5. The predicted octanol–water partition coefficient (Wildman–Crippen LogP) is 2.78. The quantitative estimate of drug-likeness (QED) is 0.543. The van der Waals surface area contributed by atoms with E-state index in [4.69, 9.17) is 4.42 Å². The second kappa shape index (κ2) is 9.64. The summed E-state index contributed by atoms with van der Waals surface area (Å²) in [6.45, 7) is 0.323. The number of benzene rings is 2. The molecular formula is C21H22FN3O4S. The Hall–Kier alpha value is -3.04. The van der Waals surface area contributed by atoms with Crippen LogP contribution in [0.5, 0.6) is 0 Å². The average molecular weight is 431 g/mol. The molecule has 0 fully saturated rings. The minimum atomic E-state index is -3.32. The lowest BCUT2D eigenvalue weighted by Gasteiger charge is -2.07. The number of amides is 1. The topological polar surface area (TPSA) is 101 Å². The second-order valence-electron chi connectivity index (χ2n) is 6.65. The van der Waals surface area contributed by atoms with E-state index in [1.807, 2.05) is 0 Å². The van der Waals surface area contributed by atoms with Crippen molar-refractivity contribution in [1.82, 2.24) is 15.0 Å². The maximum Gasteiger partial charge on any atom is 0.220 e. The summed E-state index contributed by atoms with van der Waals surface area (Å²) in [6, 6.07) is 13.2. The van der Waals surface area contributed by atoms with Crippen LogP contribution < -0.4 is 10.0 Å². The number of nitrogens with one attached hydrogen (secondary N) is 2. The first-order valence-electron chi connectivity index (χ1n) is 9.31. The monoisotopic (exact) mass is 431 g/mol. The largest absolute Gasteiger partial charge is 0.441 e. The van der Waals surface area contributed by atoms with Crippen molar-refractivity contribution in [3.8, 4) is 11.3 Å². The Kier molecular flexibility index (Phi) is 6.96. The van der Waals surface area contributed by atoms with Gasteiger partial charge in [0.2, 0.25) is 15.9 Å². The van der Waals surface area contributed by atoms with Gasteiger partial charge in [-0.3, -0.25) is 4.79 Å². The molecule has 7 nitrogen and oxygen atoms in total. The van der Waals surface area contributed by atoms with Gasteiger partial charge in [0.25, 0.3) is 0 Å². The van der Waals surface area contributed by atoms with Gasteiger partial charge in [0, 0.05) is 19.4 Å². The molecule has 2 aromatic carbocycles. The van der Waals surface area contributed by atoms with Crippen molar-refractivity contribution in [2.75, 3.05) is 7.05 Å². The lowest BCUT2D eigenvalue weighted by Crippen LogP contribution is -2.23. The highest BCUT2D eigenvalue weighted by Gasteiger charge is 2.12. The molecule has 3 aromatic rings. The molecule has 0 radical (unpaired) electrons. The van der Waals surface area contributed by atoms with E-state index >= 15 is 0 Å².